The van der Waals surface area contributed by atoms with Gasteiger partial charge >= 0.3 is 0 Å². The average molecular weight is 417 g/mol. The van der Waals surface area contributed by atoms with Gasteiger partial charge in [-0.15, -0.1) is 11.3 Å². The monoisotopic (exact) mass is 416 g/mol. The molecule has 2 bridgehead atoms. The lowest BCUT2D eigenvalue weighted by molar-refractivity contribution is -0.137. The van der Waals surface area contributed by atoms with Crippen LogP contribution >= 0.6 is 11.3 Å². The van der Waals surface area contributed by atoms with Crippen molar-refractivity contribution in [1.82, 2.24) is 14.7 Å². The number of thiophene rings is 1. The fourth-order valence-corrected chi connectivity index (χ4v) is 5.66. The normalized spacial score (nSPS) is 24.0. The number of likely N-dealkylation sites (N-methyl/N-ethyl adjacent to an activating group) is 1. The molecule has 1 aromatic heterocycles. The lowest BCUT2D eigenvalue weighted by Crippen LogP contribution is -2.58. The number of nitrogens with zero attached hydrogens (tertiary/aromatic N) is 4. The molecule has 2 atom stereocenters. The summed E-state index contributed by atoms with van der Waals surface area (Å²) < 4.78 is 0. The Morgan fingerprint density at radius 1 is 1.31 bits per heavy atom. The van der Waals surface area contributed by atoms with Gasteiger partial charge in [-0.3, -0.25) is 19.3 Å². The second-order valence-corrected chi connectivity index (χ2v) is 9.44. The molecule has 156 valence electrons. The Balaban J connectivity index is 1.49. The van der Waals surface area contributed by atoms with Gasteiger partial charge in [-0.1, -0.05) is 6.08 Å². The van der Waals surface area contributed by atoms with Gasteiger partial charge < -0.3 is 14.7 Å². The smallest absolute Gasteiger partial charge is 0.250 e. The van der Waals surface area contributed by atoms with Gasteiger partial charge in [0.05, 0.1) is 11.0 Å². The highest BCUT2D eigenvalue weighted by Gasteiger charge is 2.48. The first kappa shape index (κ1) is 20.1. The Morgan fingerprint density at radius 3 is 2.83 bits per heavy atom. The van der Waals surface area contributed by atoms with Crippen LogP contribution in [0.3, 0.4) is 0 Å². The fraction of sp³-hybridized carbons (Fsp3) is 0.571. The highest BCUT2D eigenvalue weighted by Crippen LogP contribution is 2.39. The molecule has 2 saturated heterocycles. The van der Waals surface area contributed by atoms with E-state index in [0.29, 0.717) is 19.6 Å². The predicted octanol–water partition coefficient (Wildman–Crippen LogP) is 1.48. The maximum Gasteiger partial charge on any atom is 0.250 e. The SMILES string of the molecule is CC(=O)N1CCc2sc(N3CC4CCC(C3=O)N4C(=O)/C=C/CN(C)C)cc2C1. The summed E-state index contributed by atoms with van der Waals surface area (Å²) in [5.74, 6) is 0.0528. The first-order valence-corrected chi connectivity index (χ1v) is 11.0. The van der Waals surface area contributed by atoms with Crippen molar-refractivity contribution in [3.8, 4) is 0 Å². The third-order valence-electron chi connectivity index (χ3n) is 6.00. The molecular formula is C21H28N4O3S. The molecule has 0 aromatic carbocycles. The number of piperazine rings is 1. The summed E-state index contributed by atoms with van der Waals surface area (Å²) in [7, 11) is 3.91. The molecule has 2 unspecified atom stereocenters. The summed E-state index contributed by atoms with van der Waals surface area (Å²) in [6.45, 7) is 4.22. The number of carbonyl (C=O) groups is 3. The van der Waals surface area contributed by atoms with Crippen LogP contribution in [0.15, 0.2) is 18.2 Å². The molecule has 3 amide bonds. The van der Waals surface area contributed by atoms with Crippen molar-refractivity contribution in [3.63, 3.8) is 0 Å². The molecule has 4 heterocycles. The first-order chi connectivity index (χ1) is 13.8. The van der Waals surface area contributed by atoms with E-state index in [1.807, 2.05) is 34.9 Å². The van der Waals surface area contributed by atoms with Crippen molar-refractivity contribution in [3.05, 3.63) is 28.7 Å². The van der Waals surface area contributed by atoms with Crippen LogP contribution in [-0.2, 0) is 27.3 Å². The maximum absolute atomic E-state index is 13.2. The topological polar surface area (TPSA) is 64.2 Å². The fourth-order valence-electron chi connectivity index (χ4n) is 4.49. The summed E-state index contributed by atoms with van der Waals surface area (Å²) in [6, 6.07) is 1.78. The van der Waals surface area contributed by atoms with Gasteiger partial charge in [0, 0.05) is 44.1 Å². The molecule has 0 aliphatic carbocycles. The van der Waals surface area contributed by atoms with Gasteiger partial charge in [-0.05, 0) is 45.0 Å². The standard InChI is InChI=1S/C21H28N4O3S/c1-14(26)23-10-8-18-15(12-23)11-20(29-18)24-13-16-6-7-17(21(24)28)25(16)19(27)5-4-9-22(2)3/h4-5,11,16-17H,6-10,12-13H2,1-3H3/b5-4+. The van der Waals surface area contributed by atoms with Crippen molar-refractivity contribution in [2.75, 3.05) is 38.6 Å². The molecule has 3 aliphatic heterocycles. The third-order valence-corrected chi connectivity index (χ3v) is 7.26. The minimum atomic E-state index is -0.363. The number of hydrogen-bond donors (Lipinski definition) is 0. The zero-order valence-corrected chi connectivity index (χ0v) is 18.1. The van der Waals surface area contributed by atoms with Crippen molar-refractivity contribution >= 4 is 34.1 Å². The van der Waals surface area contributed by atoms with Gasteiger partial charge in [-0.2, -0.15) is 0 Å². The second kappa shape index (κ2) is 7.91. The van der Waals surface area contributed by atoms with Crippen LogP contribution in [0.5, 0.6) is 0 Å². The van der Waals surface area contributed by atoms with E-state index >= 15 is 0 Å². The number of fused-ring (bicyclic) bond motifs is 3. The van der Waals surface area contributed by atoms with E-state index in [1.165, 1.54) is 4.88 Å². The van der Waals surface area contributed by atoms with E-state index in [1.54, 1.807) is 29.2 Å². The van der Waals surface area contributed by atoms with Crippen LogP contribution in [0.1, 0.15) is 30.2 Å². The number of hydrogen-bond acceptors (Lipinski definition) is 5. The molecule has 8 heteroatoms. The van der Waals surface area contributed by atoms with Crippen LogP contribution in [-0.4, -0.2) is 78.2 Å². The Morgan fingerprint density at radius 2 is 2.10 bits per heavy atom. The van der Waals surface area contributed by atoms with E-state index in [9.17, 15) is 14.4 Å². The van der Waals surface area contributed by atoms with Gasteiger partial charge in [0.25, 0.3) is 0 Å². The summed E-state index contributed by atoms with van der Waals surface area (Å²) in [6.07, 6.45) is 5.90. The summed E-state index contributed by atoms with van der Waals surface area (Å²) >= 11 is 1.66. The van der Waals surface area contributed by atoms with Crippen molar-refractivity contribution in [2.24, 2.45) is 0 Å². The number of anilines is 1. The van der Waals surface area contributed by atoms with Gasteiger partial charge in [0.1, 0.15) is 6.04 Å². The van der Waals surface area contributed by atoms with Gasteiger partial charge in [-0.25, -0.2) is 0 Å². The van der Waals surface area contributed by atoms with Crippen LogP contribution in [0.25, 0.3) is 0 Å². The second-order valence-electron chi connectivity index (χ2n) is 8.33. The van der Waals surface area contributed by atoms with E-state index in [2.05, 4.69) is 6.07 Å². The Labute approximate surface area is 175 Å². The predicted molar refractivity (Wildman–Crippen MR) is 113 cm³/mol. The highest BCUT2D eigenvalue weighted by atomic mass is 32.1. The largest absolute Gasteiger partial charge is 0.338 e. The van der Waals surface area contributed by atoms with Crippen molar-refractivity contribution in [2.45, 2.75) is 44.8 Å². The average Bonchev–Trinajstić information content (AvgIpc) is 3.24. The Hall–Kier alpha value is -2.19. The molecule has 29 heavy (non-hydrogen) atoms. The summed E-state index contributed by atoms with van der Waals surface area (Å²) in [5.41, 5.74) is 1.15. The van der Waals surface area contributed by atoms with Crippen molar-refractivity contribution in [1.29, 1.82) is 0 Å². The molecule has 0 N–H and O–H groups in total. The van der Waals surface area contributed by atoms with Crippen LogP contribution in [0.2, 0.25) is 0 Å². The summed E-state index contributed by atoms with van der Waals surface area (Å²) in [5, 5.41) is 0.956. The van der Waals surface area contributed by atoms with E-state index in [4.69, 9.17) is 0 Å². The van der Waals surface area contributed by atoms with E-state index < -0.39 is 0 Å². The minimum absolute atomic E-state index is 0.0233. The Kier molecular flexibility index (Phi) is 5.48. The molecule has 4 rings (SSSR count). The van der Waals surface area contributed by atoms with Gasteiger partial charge in [0.2, 0.25) is 17.7 Å². The number of carbonyl (C=O) groups excluding carboxylic acids is 3. The number of amides is 3. The molecule has 3 aliphatic rings. The molecule has 0 saturated carbocycles. The quantitative estimate of drug-likeness (QED) is 0.698. The van der Waals surface area contributed by atoms with Gasteiger partial charge in [0.15, 0.2) is 0 Å². The molecular weight excluding hydrogens is 388 g/mol. The first-order valence-electron chi connectivity index (χ1n) is 10.2. The lowest BCUT2D eigenvalue weighted by Gasteiger charge is -2.39. The minimum Gasteiger partial charge on any atom is -0.338 e. The molecule has 0 radical (unpaired) electrons. The zero-order chi connectivity index (χ0) is 20.7. The van der Waals surface area contributed by atoms with Crippen LogP contribution < -0.4 is 4.90 Å². The zero-order valence-electron chi connectivity index (χ0n) is 17.3. The van der Waals surface area contributed by atoms with E-state index in [0.717, 1.165) is 36.4 Å². The van der Waals surface area contributed by atoms with Crippen molar-refractivity contribution < 1.29 is 14.4 Å². The maximum atomic E-state index is 13.2. The Bertz CT molecular complexity index is 862. The van der Waals surface area contributed by atoms with E-state index in [-0.39, 0.29) is 29.8 Å². The molecule has 2 fully saturated rings. The lowest BCUT2D eigenvalue weighted by atomic mass is 10.1. The third kappa shape index (κ3) is 3.83. The molecule has 7 nitrogen and oxygen atoms in total. The van der Waals surface area contributed by atoms with Crippen LogP contribution in [0, 0.1) is 0 Å². The highest BCUT2D eigenvalue weighted by molar-refractivity contribution is 7.16. The summed E-state index contributed by atoms with van der Waals surface area (Å²) in [4.78, 5) is 46.4. The van der Waals surface area contributed by atoms with Crippen LogP contribution in [0.4, 0.5) is 5.00 Å². The number of rotatable bonds is 4. The molecule has 1 aromatic rings. The molecule has 0 spiro atoms.